The van der Waals surface area contributed by atoms with Crippen LogP contribution in [0.1, 0.15) is 18.1 Å². The van der Waals surface area contributed by atoms with Crippen LogP contribution in [0.5, 0.6) is 0 Å². The van der Waals surface area contributed by atoms with Crippen LogP contribution in [0.3, 0.4) is 0 Å². The minimum atomic E-state index is -0.430. The maximum atomic E-state index is 13.7. The molecule has 100 valence electrons. The zero-order valence-electron chi connectivity index (χ0n) is 10.8. The summed E-state index contributed by atoms with van der Waals surface area (Å²) in [5, 5.41) is 3.28. The summed E-state index contributed by atoms with van der Waals surface area (Å²) in [7, 11) is 0. The van der Waals surface area contributed by atoms with Crippen molar-refractivity contribution in [3.63, 3.8) is 0 Å². The van der Waals surface area contributed by atoms with Crippen molar-refractivity contribution in [2.24, 2.45) is 0 Å². The first kappa shape index (κ1) is 13.4. The van der Waals surface area contributed by atoms with Gasteiger partial charge in [-0.3, -0.25) is 0 Å². The molecule has 1 heterocycles. The molecule has 4 heteroatoms. The van der Waals surface area contributed by atoms with E-state index in [9.17, 15) is 8.78 Å². The standard InChI is InChI=1S/C14H20F2N2/c1-2-11-9-12(14(16)10-13(11)15)3-6-18-7-4-17-5-8-18/h9-10,17H,2-8H2,1H3. The summed E-state index contributed by atoms with van der Waals surface area (Å²) < 4.78 is 27.0. The number of halogens is 2. The third-order valence-electron chi connectivity index (χ3n) is 3.50. The number of nitrogens with one attached hydrogen (secondary N) is 1. The molecule has 1 N–H and O–H groups in total. The van der Waals surface area contributed by atoms with Crippen LogP contribution < -0.4 is 5.32 Å². The zero-order chi connectivity index (χ0) is 13.0. The Bertz CT molecular complexity index is 401. The van der Waals surface area contributed by atoms with Crippen LogP contribution in [-0.2, 0) is 12.8 Å². The molecule has 0 atom stereocenters. The van der Waals surface area contributed by atoms with Gasteiger partial charge in [0, 0.05) is 38.8 Å². The second kappa shape index (κ2) is 6.25. The summed E-state index contributed by atoms with van der Waals surface area (Å²) in [6.45, 7) is 6.72. The number of rotatable bonds is 4. The maximum Gasteiger partial charge on any atom is 0.129 e. The molecule has 1 aromatic carbocycles. The molecule has 0 bridgehead atoms. The third kappa shape index (κ3) is 3.27. The van der Waals surface area contributed by atoms with Crippen molar-refractivity contribution in [1.82, 2.24) is 10.2 Å². The van der Waals surface area contributed by atoms with Crippen molar-refractivity contribution in [3.05, 3.63) is 34.9 Å². The Labute approximate surface area is 107 Å². The lowest BCUT2D eigenvalue weighted by Crippen LogP contribution is -2.44. The molecule has 0 radical (unpaired) electrons. The highest BCUT2D eigenvalue weighted by Gasteiger charge is 2.12. The molecule has 1 fully saturated rings. The molecule has 0 amide bonds. The van der Waals surface area contributed by atoms with Gasteiger partial charge in [0.1, 0.15) is 11.6 Å². The van der Waals surface area contributed by atoms with Crippen LogP contribution in [-0.4, -0.2) is 37.6 Å². The molecular formula is C14H20F2N2. The van der Waals surface area contributed by atoms with Crippen LogP contribution in [0.4, 0.5) is 8.78 Å². The number of piperazine rings is 1. The van der Waals surface area contributed by atoms with Gasteiger partial charge < -0.3 is 10.2 Å². The summed E-state index contributed by atoms with van der Waals surface area (Å²) in [6.07, 6.45) is 1.26. The second-order valence-electron chi connectivity index (χ2n) is 4.73. The van der Waals surface area contributed by atoms with Crippen molar-refractivity contribution < 1.29 is 8.78 Å². The summed E-state index contributed by atoms with van der Waals surface area (Å²) >= 11 is 0. The lowest BCUT2D eigenvalue weighted by atomic mass is 10.0. The molecule has 2 nitrogen and oxygen atoms in total. The van der Waals surface area contributed by atoms with Gasteiger partial charge in [-0.15, -0.1) is 0 Å². The SMILES string of the molecule is CCc1cc(CCN2CCNCC2)c(F)cc1F. The Hall–Kier alpha value is -1.00. The van der Waals surface area contributed by atoms with Crippen molar-refractivity contribution in [2.45, 2.75) is 19.8 Å². The Balaban J connectivity index is 1.99. The van der Waals surface area contributed by atoms with Gasteiger partial charge in [0.05, 0.1) is 0 Å². The molecule has 0 spiro atoms. The average molecular weight is 254 g/mol. The number of nitrogens with zero attached hydrogens (tertiary/aromatic N) is 1. The average Bonchev–Trinajstić information content (AvgIpc) is 2.39. The Morgan fingerprint density at radius 1 is 1.11 bits per heavy atom. The summed E-state index contributed by atoms with van der Waals surface area (Å²) in [4.78, 5) is 2.31. The predicted octanol–water partition coefficient (Wildman–Crippen LogP) is 1.97. The molecule has 0 aromatic heterocycles. The van der Waals surface area contributed by atoms with Crippen molar-refractivity contribution in [3.8, 4) is 0 Å². The topological polar surface area (TPSA) is 15.3 Å². The van der Waals surface area contributed by atoms with E-state index in [0.29, 0.717) is 24.0 Å². The van der Waals surface area contributed by atoms with Gasteiger partial charge in [-0.2, -0.15) is 0 Å². The van der Waals surface area contributed by atoms with E-state index in [-0.39, 0.29) is 0 Å². The van der Waals surface area contributed by atoms with E-state index in [1.165, 1.54) is 0 Å². The molecule has 1 aliphatic heterocycles. The first-order valence-electron chi connectivity index (χ1n) is 6.60. The first-order chi connectivity index (χ1) is 8.70. The van der Waals surface area contributed by atoms with E-state index in [0.717, 1.165) is 38.8 Å². The van der Waals surface area contributed by atoms with Gasteiger partial charge in [-0.25, -0.2) is 8.78 Å². The molecule has 0 saturated carbocycles. The molecule has 18 heavy (non-hydrogen) atoms. The Kier molecular flexibility index (Phi) is 4.66. The number of hydrogen-bond donors (Lipinski definition) is 1. The van der Waals surface area contributed by atoms with Crippen molar-refractivity contribution in [1.29, 1.82) is 0 Å². The van der Waals surface area contributed by atoms with Crippen LogP contribution in [0.25, 0.3) is 0 Å². The number of hydrogen-bond acceptors (Lipinski definition) is 2. The van der Waals surface area contributed by atoms with E-state index in [1.54, 1.807) is 6.07 Å². The Morgan fingerprint density at radius 2 is 1.78 bits per heavy atom. The van der Waals surface area contributed by atoms with Crippen LogP contribution in [0.2, 0.25) is 0 Å². The normalized spacial score (nSPS) is 17.1. The van der Waals surface area contributed by atoms with E-state index in [1.807, 2.05) is 6.92 Å². The van der Waals surface area contributed by atoms with Gasteiger partial charge in [0.15, 0.2) is 0 Å². The predicted molar refractivity (Wildman–Crippen MR) is 68.7 cm³/mol. The van der Waals surface area contributed by atoms with Crippen molar-refractivity contribution in [2.75, 3.05) is 32.7 Å². The highest BCUT2D eigenvalue weighted by atomic mass is 19.1. The van der Waals surface area contributed by atoms with Gasteiger partial charge >= 0.3 is 0 Å². The van der Waals surface area contributed by atoms with Crippen molar-refractivity contribution >= 4 is 0 Å². The zero-order valence-corrected chi connectivity index (χ0v) is 10.8. The third-order valence-corrected chi connectivity index (χ3v) is 3.50. The smallest absolute Gasteiger partial charge is 0.129 e. The minimum absolute atomic E-state index is 0.417. The Morgan fingerprint density at radius 3 is 2.44 bits per heavy atom. The fraction of sp³-hybridized carbons (Fsp3) is 0.571. The van der Waals surface area contributed by atoms with Gasteiger partial charge in [-0.05, 0) is 30.0 Å². The monoisotopic (exact) mass is 254 g/mol. The molecule has 0 aliphatic carbocycles. The van der Waals surface area contributed by atoms with E-state index >= 15 is 0 Å². The molecule has 2 rings (SSSR count). The summed E-state index contributed by atoms with van der Waals surface area (Å²) in [6, 6.07) is 2.69. The number of aryl methyl sites for hydroxylation is 1. The first-order valence-corrected chi connectivity index (χ1v) is 6.60. The second-order valence-corrected chi connectivity index (χ2v) is 4.73. The van der Waals surface area contributed by atoms with Gasteiger partial charge in [0.25, 0.3) is 0 Å². The number of benzene rings is 1. The van der Waals surface area contributed by atoms with E-state index < -0.39 is 11.6 Å². The minimum Gasteiger partial charge on any atom is -0.314 e. The lowest BCUT2D eigenvalue weighted by molar-refractivity contribution is 0.243. The molecule has 1 aliphatic rings. The van der Waals surface area contributed by atoms with Gasteiger partial charge in [-0.1, -0.05) is 6.92 Å². The lowest BCUT2D eigenvalue weighted by Gasteiger charge is -2.27. The van der Waals surface area contributed by atoms with Crippen LogP contribution in [0.15, 0.2) is 12.1 Å². The molecule has 1 saturated heterocycles. The summed E-state index contributed by atoms with van der Waals surface area (Å²) in [5.41, 5.74) is 1.23. The fourth-order valence-electron chi connectivity index (χ4n) is 2.32. The van der Waals surface area contributed by atoms with Crippen LogP contribution >= 0.6 is 0 Å². The molecule has 1 aromatic rings. The fourth-order valence-corrected chi connectivity index (χ4v) is 2.32. The van der Waals surface area contributed by atoms with E-state index in [2.05, 4.69) is 10.2 Å². The molecular weight excluding hydrogens is 234 g/mol. The van der Waals surface area contributed by atoms with Crippen LogP contribution in [0, 0.1) is 11.6 Å². The highest BCUT2D eigenvalue weighted by molar-refractivity contribution is 5.27. The quantitative estimate of drug-likeness (QED) is 0.884. The van der Waals surface area contributed by atoms with E-state index in [4.69, 9.17) is 0 Å². The largest absolute Gasteiger partial charge is 0.314 e. The summed E-state index contributed by atoms with van der Waals surface area (Å²) in [5.74, 6) is -0.847. The maximum absolute atomic E-state index is 13.7. The molecule has 0 unspecified atom stereocenters. The van der Waals surface area contributed by atoms with Gasteiger partial charge in [0.2, 0.25) is 0 Å². The highest BCUT2D eigenvalue weighted by Crippen LogP contribution is 2.16.